The fourth-order valence-electron chi connectivity index (χ4n) is 2.78. The molecule has 0 unspecified atom stereocenters. The Labute approximate surface area is 187 Å². The van der Waals surface area contributed by atoms with Gasteiger partial charge in [0.25, 0.3) is 17.5 Å². The Morgan fingerprint density at radius 3 is 2.72 bits per heavy atom. The molecule has 1 aromatic carbocycles. The van der Waals surface area contributed by atoms with Gasteiger partial charge in [0.05, 0.1) is 27.9 Å². The van der Waals surface area contributed by atoms with Crippen molar-refractivity contribution in [2.45, 2.75) is 20.1 Å². The minimum atomic E-state index is -0.576. The largest absolute Gasteiger partial charge is 0.484 e. The van der Waals surface area contributed by atoms with E-state index in [0.717, 1.165) is 0 Å². The van der Waals surface area contributed by atoms with E-state index >= 15 is 0 Å². The summed E-state index contributed by atoms with van der Waals surface area (Å²) in [7, 11) is 3.21. The second-order valence-electron chi connectivity index (χ2n) is 6.80. The zero-order chi connectivity index (χ0) is 23.4. The van der Waals surface area contributed by atoms with Crippen LogP contribution in [-0.4, -0.2) is 45.5 Å². The number of ether oxygens (including phenoxy) is 1. The van der Waals surface area contributed by atoms with Gasteiger partial charge in [-0.2, -0.15) is 5.10 Å². The molecule has 2 aromatic heterocycles. The SMILES string of the molecule is CCn1ncc(NC(=O)c2ccc(COc3cc([N+](=O)[O-])ccc3Cl)o2)c1C(=O)N(C)C. The van der Waals surface area contributed by atoms with Crippen LogP contribution in [0, 0.1) is 10.1 Å². The van der Waals surface area contributed by atoms with E-state index < -0.39 is 10.8 Å². The molecule has 11 nitrogen and oxygen atoms in total. The number of carbonyl (C=O) groups excluding carboxylic acids is 2. The van der Waals surface area contributed by atoms with Crippen LogP contribution in [0.5, 0.6) is 5.75 Å². The van der Waals surface area contributed by atoms with Crippen molar-refractivity contribution in [3.05, 3.63) is 68.9 Å². The number of benzene rings is 1. The number of aryl methyl sites for hydroxylation is 1. The second kappa shape index (κ2) is 9.52. The first-order valence-corrected chi connectivity index (χ1v) is 9.83. The number of non-ortho nitro benzene ring substituents is 1. The van der Waals surface area contributed by atoms with Gasteiger partial charge in [0.15, 0.2) is 5.76 Å². The summed E-state index contributed by atoms with van der Waals surface area (Å²) in [5.74, 6) is -0.481. The van der Waals surface area contributed by atoms with Crippen LogP contribution in [0.1, 0.15) is 33.7 Å². The summed E-state index contributed by atoms with van der Waals surface area (Å²) in [6.07, 6.45) is 1.40. The quantitative estimate of drug-likeness (QED) is 0.400. The van der Waals surface area contributed by atoms with E-state index in [4.69, 9.17) is 20.8 Å². The fraction of sp³-hybridized carbons (Fsp3) is 0.250. The van der Waals surface area contributed by atoms with Crippen molar-refractivity contribution in [2.24, 2.45) is 0 Å². The van der Waals surface area contributed by atoms with E-state index in [0.29, 0.717) is 12.3 Å². The van der Waals surface area contributed by atoms with E-state index in [2.05, 4.69) is 10.4 Å². The fourth-order valence-corrected chi connectivity index (χ4v) is 2.95. The van der Waals surface area contributed by atoms with Crippen molar-refractivity contribution in [3.8, 4) is 5.75 Å². The molecule has 2 heterocycles. The third-order valence-corrected chi connectivity index (χ3v) is 4.69. The van der Waals surface area contributed by atoms with Gasteiger partial charge in [-0.25, -0.2) is 0 Å². The van der Waals surface area contributed by atoms with Crippen molar-refractivity contribution in [2.75, 3.05) is 19.4 Å². The lowest BCUT2D eigenvalue weighted by atomic mass is 10.3. The van der Waals surface area contributed by atoms with Crippen molar-refractivity contribution in [3.63, 3.8) is 0 Å². The van der Waals surface area contributed by atoms with Crippen LogP contribution < -0.4 is 10.1 Å². The number of anilines is 1. The number of nitro groups is 1. The molecule has 0 fully saturated rings. The number of carbonyl (C=O) groups is 2. The third kappa shape index (κ3) is 4.89. The molecule has 1 N–H and O–H groups in total. The van der Waals surface area contributed by atoms with E-state index in [1.54, 1.807) is 14.1 Å². The Morgan fingerprint density at radius 2 is 2.06 bits per heavy atom. The van der Waals surface area contributed by atoms with E-state index in [-0.39, 0.29) is 46.1 Å². The second-order valence-corrected chi connectivity index (χ2v) is 7.21. The normalized spacial score (nSPS) is 10.6. The topological polar surface area (TPSA) is 133 Å². The molecule has 12 heteroatoms. The van der Waals surface area contributed by atoms with Gasteiger partial charge < -0.3 is 19.4 Å². The maximum atomic E-state index is 12.6. The molecule has 3 aromatic rings. The van der Waals surface area contributed by atoms with Gasteiger partial charge >= 0.3 is 0 Å². The molecule has 3 rings (SSSR count). The number of nitrogens with zero attached hydrogens (tertiary/aromatic N) is 4. The van der Waals surface area contributed by atoms with Crippen LogP contribution in [0.3, 0.4) is 0 Å². The Balaban J connectivity index is 1.71. The highest BCUT2D eigenvalue weighted by Crippen LogP contribution is 2.29. The molecular formula is C20H20ClN5O6. The lowest BCUT2D eigenvalue weighted by molar-refractivity contribution is -0.384. The molecule has 2 amide bonds. The summed E-state index contributed by atoms with van der Waals surface area (Å²) in [5, 5.41) is 17.9. The predicted molar refractivity (Wildman–Crippen MR) is 115 cm³/mol. The maximum Gasteiger partial charge on any atom is 0.291 e. The molecule has 32 heavy (non-hydrogen) atoms. The smallest absolute Gasteiger partial charge is 0.291 e. The van der Waals surface area contributed by atoms with E-state index in [9.17, 15) is 19.7 Å². The summed E-state index contributed by atoms with van der Waals surface area (Å²) < 4.78 is 12.5. The van der Waals surface area contributed by atoms with Gasteiger partial charge in [-0.1, -0.05) is 11.6 Å². The lowest BCUT2D eigenvalue weighted by Crippen LogP contribution is -2.26. The minimum absolute atomic E-state index is 0.0127. The molecule has 0 saturated carbocycles. The summed E-state index contributed by atoms with van der Waals surface area (Å²) in [6.45, 7) is 2.18. The first-order valence-electron chi connectivity index (χ1n) is 9.45. The van der Waals surface area contributed by atoms with Crippen molar-refractivity contribution >= 4 is 34.8 Å². The van der Waals surface area contributed by atoms with Crippen LogP contribution in [0.4, 0.5) is 11.4 Å². The zero-order valence-electron chi connectivity index (χ0n) is 17.5. The first-order chi connectivity index (χ1) is 15.2. The number of halogens is 1. The van der Waals surface area contributed by atoms with Crippen LogP contribution in [0.2, 0.25) is 5.02 Å². The molecular weight excluding hydrogens is 442 g/mol. The van der Waals surface area contributed by atoms with Crippen LogP contribution in [0.25, 0.3) is 0 Å². The van der Waals surface area contributed by atoms with E-state index in [1.165, 1.54) is 46.1 Å². The van der Waals surface area contributed by atoms with Gasteiger partial charge in [0.1, 0.15) is 23.8 Å². The standard InChI is InChI=1S/C20H20ClN5O6/c1-4-25-18(20(28)24(2)3)15(10-22-25)23-19(27)16-8-6-13(32-16)11-31-17-9-12(26(29)30)5-7-14(17)21/h5-10H,4,11H2,1-3H3,(H,23,27). The molecule has 0 atom stereocenters. The highest BCUT2D eigenvalue weighted by Gasteiger charge is 2.22. The minimum Gasteiger partial charge on any atom is -0.484 e. The average molecular weight is 462 g/mol. The average Bonchev–Trinajstić information content (AvgIpc) is 3.39. The van der Waals surface area contributed by atoms with Gasteiger partial charge in [0.2, 0.25) is 0 Å². The maximum absolute atomic E-state index is 12.6. The van der Waals surface area contributed by atoms with E-state index in [1.807, 2.05) is 6.92 Å². The molecule has 0 radical (unpaired) electrons. The number of rotatable bonds is 8. The molecule has 0 aliphatic rings. The monoisotopic (exact) mass is 461 g/mol. The summed E-state index contributed by atoms with van der Waals surface area (Å²) in [4.78, 5) is 36.8. The first kappa shape index (κ1) is 22.8. The van der Waals surface area contributed by atoms with Gasteiger partial charge in [-0.15, -0.1) is 0 Å². The van der Waals surface area contributed by atoms with Crippen molar-refractivity contribution < 1.29 is 23.7 Å². The number of furan rings is 1. The third-order valence-electron chi connectivity index (χ3n) is 4.38. The Bertz CT molecular complexity index is 1170. The van der Waals surface area contributed by atoms with Crippen LogP contribution in [0.15, 0.2) is 40.9 Å². The number of amides is 2. The molecule has 0 aliphatic carbocycles. The molecule has 0 bridgehead atoms. The summed E-state index contributed by atoms with van der Waals surface area (Å²) in [5.41, 5.74) is 0.342. The van der Waals surface area contributed by atoms with Gasteiger partial charge in [-0.05, 0) is 25.1 Å². The van der Waals surface area contributed by atoms with Crippen molar-refractivity contribution in [1.82, 2.24) is 14.7 Å². The molecule has 0 aliphatic heterocycles. The molecule has 0 spiro atoms. The van der Waals surface area contributed by atoms with Crippen LogP contribution >= 0.6 is 11.6 Å². The molecule has 168 valence electrons. The highest BCUT2D eigenvalue weighted by molar-refractivity contribution is 6.32. The van der Waals surface area contributed by atoms with Crippen LogP contribution in [-0.2, 0) is 13.2 Å². The van der Waals surface area contributed by atoms with Gasteiger partial charge in [0, 0.05) is 26.7 Å². The molecule has 0 saturated heterocycles. The Hall–Kier alpha value is -3.86. The van der Waals surface area contributed by atoms with Crippen molar-refractivity contribution in [1.29, 1.82) is 0 Å². The zero-order valence-corrected chi connectivity index (χ0v) is 18.3. The summed E-state index contributed by atoms with van der Waals surface area (Å²) in [6, 6.07) is 6.80. The summed E-state index contributed by atoms with van der Waals surface area (Å²) >= 11 is 6.01. The Kier molecular flexibility index (Phi) is 6.79. The lowest BCUT2D eigenvalue weighted by Gasteiger charge is -2.13. The highest BCUT2D eigenvalue weighted by atomic mass is 35.5. The Morgan fingerprint density at radius 1 is 1.31 bits per heavy atom. The predicted octanol–water partition coefficient (Wildman–Crippen LogP) is 3.59. The van der Waals surface area contributed by atoms with Gasteiger partial charge in [-0.3, -0.25) is 24.4 Å². The number of hydrogen-bond acceptors (Lipinski definition) is 7. The number of aromatic nitrogens is 2. The number of nitrogens with one attached hydrogen (secondary N) is 1. The number of nitro benzene ring substituents is 1. The number of hydrogen-bond donors (Lipinski definition) is 1.